The Kier molecular flexibility index (Phi) is 6.07. The maximum atomic E-state index is 6.54. The fourth-order valence-corrected chi connectivity index (χ4v) is 3.51. The van der Waals surface area contributed by atoms with Crippen LogP contribution in [0.15, 0.2) is 24.3 Å². The highest BCUT2D eigenvalue weighted by atomic mass is 16.5. The zero-order chi connectivity index (χ0) is 15.2. The lowest BCUT2D eigenvalue weighted by molar-refractivity contribution is 0.0829. The molecule has 0 radical (unpaired) electrons. The van der Waals surface area contributed by atoms with E-state index in [1.807, 2.05) is 12.1 Å². The maximum Gasteiger partial charge on any atom is 0.118 e. The number of rotatable bonds is 6. The van der Waals surface area contributed by atoms with E-state index in [1.165, 1.54) is 44.2 Å². The number of hydrogen-bond donors (Lipinski definition) is 1. The minimum Gasteiger partial charge on any atom is -0.497 e. The van der Waals surface area contributed by atoms with Gasteiger partial charge in [-0.2, -0.15) is 0 Å². The number of ether oxygens (including phenoxy) is 1. The molecule has 1 saturated heterocycles. The highest BCUT2D eigenvalue weighted by Gasteiger charge is 2.29. The summed E-state index contributed by atoms with van der Waals surface area (Å²) in [4.78, 5) is 2.64. The number of hydrogen-bond acceptors (Lipinski definition) is 3. The summed E-state index contributed by atoms with van der Waals surface area (Å²) < 4.78 is 5.22. The van der Waals surface area contributed by atoms with Gasteiger partial charge in [0, 0.05) is 18.1 Å². The Labute approximate surface area is 129 Å². The summed E-state index contributed by atoms with van der Waals surface area (Å²) >= 11 is 0. The van der Waals surface area contributed by atoms with Crippen LogP contribution >= 0.6 is 0 Å². The lowest BCUT2D eigenvalue weighted by Gasteiger charge is -2.42. The van der Waals surface area contributed by atoms with Crippen molar-refractivity contribution in [1.82, 2.24) is 4.90 Å². The van der Waals surface area contributed by atoms with E-state index < -0.39 is 0 Å². The van der Waals surface area contributed by atoms with E-state index >= 15 is 0 Å². The summed E-state index contributed by atoms with van der Waals surface area (Å²) in [6, 6.07) is 9.35. The van der Waals surface area contributed by atoms with Crippen molar-refractivity contribution in [3.05, 3.63) is 29.8 Å². The van der Waals surface area contributed by atoms with Gasteiger partial charge in [-0.25, -0.2) is 0 Å². The van der Waals surface area contributed by atoms with Crippen LogP contribution in [0.2, 0.25) is 0 Å². The SMILES string of the molecule is CCCC1CCCCN1C(C)C(N)c1ccc(OC)cc1. The molecule has 0 aromatic heterocycles. The molecule has 0 spiro atoms. The molecule has 118 valence electrons. The highest BCUT2D eigenvalue weighted by molar-refractivity contribution is 5.29. The van der Waals surface area contributed by atoms with E-state index in [-0.39, 0.29) is 6.04 Å². The average Bonchev–Trinajstić information content (AvgIpc) is 2.54. The number of nitrogens with zero attached hydrogens (tertiary/aromatic N) is 1. The number of methoxy groups -OCH3 is 1. The molecule has 1 aromatic carbocycles. The first-order chi connectivity index (χ1) is 10.2. The van der Waals surface area contributed by atoms with Crippen molar-refractivity contribution in [1.29, 1.82) is 0 Å². The summed E-state index contributed by atoms with van der Waals surface area (Å²) in [6.07, 6.45) is 6.55. The molecular weight excluding hydrogens is 260 g/mol. The fraction of sp³-hybridized carbons (Fsp3) is 0.667. The minimum absolute atomic E-state index is 0.0633. The standard InChI is InChI=1S/C18H30N2O/c1-4-7-16-8-5-6-13-20(16)14(2)18(19)15-9-11-17(21-3)12-10-15/h9-12,14,16,18H,4-8,13,19H2,1-3H3. The predicted octanol–water partition coefficient (Wildman–Crippen LogP) is 3.74. The van der Waals surface area contributed by atoms with Gasteiger partial charge >= 0.3 is 0 Å². The molecular formula is C18H30N2O. The monoisotopic (exact) mass is 290 g/mol. The van der Waals surface area contributed by atoms with Crippen LogP contribution in [0, 0.1) is 0 Å². The summed E-state index contributed by atoms with van der Waals surface area (Å²) in [7, 11) is 1.70. The zero-order valence-electron chi connectivity index (χ0n) is 13.7. The van der Waals surface area contributed by atoms with Crippen molar-refractivity contribution in [2.75, 3.05) is 13.7 Å². The van der Waals surface area contributed by atoms with Gasteiger partial charge in [0.15, 0.2) is 0 Å². The van der Waals surface area contributed by atoms with Gasteiger partial charge in [-0.15, -0.1) is 0 Å². The molecule has 3 unspecified atom stereocenters. The van der Waals surface area contributed by atoms with Crippen LogP contribution in [0.4, 0.5) is 0 Å². The van der Waals surface area contributed by atoms with Crippen molar-refractivity contribution in [3.63, 3.8) is 0 Å². The van der Waals surface area contributed by atoms with Crippen LogP contribution in [-0.4, -0.2) is 30.6 Å². The van der Waals surface area contributed by atoms with E-state index in [1.54, 1.807) is 7.11 Å². The topological polar surface area (TPSA) is 38.5 Å². The van der Waals surface area contributed by atoms with Crippen molar-refractivity contribution < 1.29 is 4.74 Å². The Hall–Kier alpha value is -1.06. The molecule has 3 atom stereocenters. The van der Waals surface area contributed by atoms with E-state index in [0.29, 0.717) is 12.1 Å². The molecule has 2 N–H and O–H groups in total. The average molecular weight is 290 g/mol. The van der Waals surface area contributed by atoms with Crippen LogP contribution in [-0.2, 0) is 0 Å². The zero-order valence-corrected chi connectivity index (χ0v) is 13.7. The molecule has 2 rings (SSSR count). The molecule has 3 heteroatoms. The minimum atomic E-state index is 0.0633. The largest absolute Gasteiger partial charge is 0.497 e. The van der Waals surface area contributed by atoms with Gasteiger partial charge in [-0.05, 0) is 50.4 Å². The van der Waals surface area contributed by atoms with Gasteiger partial charge < -0.3 is 10.5 Å². The first kappa shape index (κ1) is 16.3. The van der Waals surface area contributed by atoms with Crippen molar-refractivity contribution in [2.45, 2.75) is 64.1 Å². The van der Waals surface area contributed by atoms with Crippen molar-refractivity contribution >= 4 is 0 Å². The highest BCUT2D eigenvalue weighted by Crippen LogP contribution is 2.28. The van der Waals surface area contributed by atoms with Gasteiger partial charge in [0.25, 0.3) is 0 Å². The van der Waals surface area contributed by atoms with E-state index in [9.17, 15) is 0 Å². The third-order valence-electron chi connectivity index (χ3n) is 4.84. The summed E-state index contributed by atoms with van der Waals surface area (Å²) in [6.45, 7) is 5.75. The number of piperidine rings is 1. The molecule has 1 aliphatic heterocycles. The molecule has 1 aliphatic rings. The van der Waals surface area contributed by atoms with Gasteiger partial charge in [0.2, 0.25) is 0 Å². The van der Waals surface area contributed by atoms with E-state index in [0.717, 1.165) is 5.75 Å². The molecule has 3 nitrogen and oxygen atoms in total. The van der Waals surface area contributed by atoms with Crippen LogP contribution in [0.5, 0.6) is 5.75 Å². The molecule has 21 heavy (non-hydrogen) atoms. The summed E-state index contributed by atoms with van der Waals surface area (Å²) in [5.74, 6) is 0.889. The Morgan fingerprint density at radius 3 is 2.62 bits per heavy atom. The Balaban J connectivity index is 2.06. The van der Waals surface area contributed by atoms with Crippen LogP contribution in [0.25, 0.3) is 0 Å². The Morgan fingerprint density at radius 2 is 2.00 bits per heavy atom. The molecule has 1 heterocycles. The number of benzene rings is 1. The first-order valence-corrected chi connectivity index (χ1v) is 8.32. The van der Waals surface area contributed by atoms with Crippen molar-refractivity contribution in [3.8, 4) is 5.75 Å². The van der Waals surface area contributed by atoms with Gasteiger partial charge in [-0.1, -0.05) is 31.9 Å². The molecule has 1 fully saturated rings. The third-order valence-corrected chi connectivity index (χ3v) is 4.84. The van der Waals surface area contributed by atoms with Crippen LogP contribution in [0.3, 0.4) is 0 Å². The van der Waals surface area contributed by atoms with Crippen LogP contribution in [0.1, 0.15) is 57.6 Å². The first-order valence-electron chi connectivity index (χ1n) is 8.32. The Bertz CT molecular complexity index is 416. The summed E-state index contributed by atoms with van der Waals surface area (Å²) in [5.41, 5.74) is 7.74. The molecule has 0 saturated carbocycles. The number of likely N-dealkylation sites (tertiary alicyclic amines) is 1. The van der Waals surface area contributed by atoms with E-state index in [2.05, 4.69) is 30.9 Å². The van der Waals surface area contributed by atoms with Crippen molar-refractivity contribution in [2.24, 2.45) is 5.73 Å². The van der Waals surface area contributed by atoms with E-state index in [4.69, 9.17) is 10.5 Å². The maximum absolute atomic E-state index is 6.54. The van der Waals surface area contributed by atoms with Gasteiger partial charge in [0.05, 0.1) is 7.11 Å². The van der Waals surface area contributed by atoms with Gasteiger partial charge in [-0.3, -0.25) is 4.90 Å². The second kappa shape index (κ2) is 7.81. The van der Waals surface area contributed by atoms with Crippen LogP contribution < -0.4 is 10.5 Å². The second-order valence-electron chi connectivity index (χ2n) is 6.22. The smallest absolute Gasteiger partial charge is 0.118 e. The third kappa shape index (κ3) is 3.98. The van der Waals surface area contributed by atoms with Gasteiger partial charge in [0.1, 0.15) is 5.75 Å². The summed E-state index contributed by atoms with van der Waals surface area (Å²) in [5, 5.41) is 0. The molecule has 0 bridgehead atoms. The fourth-order valence-electron chi connectivity index (χ4n) is 3.51. The normalized spacial score (nSPS) is 22.8. The molecule has 1 aromatic rings. The lowest BCUT2D eigenvalue weighted by atomic mass is 9.92. The lowest BCUT2D eigenvalue weighted by Crippen LogP contribution is -2.49. The second-order valence-corrected chi connectivity index (χ2v) is 6.22. The molecule has 0 aliphatic carbocycles. The number of nitrogens with two attached hydrogens (primary N) is 1. The molecule has 0 amide bonds. The Morgan fingerprint density at radius 1 is 1.29 bits per heavy atom. The quantitative estimate of drug-likeness (QED) is 0.867. The predicted molar refractivity (Wildman–Crippen MR) is 88.6 cm³/mol.